The third-order valence-electron chi connectivity index (χ3n) is 2.78. The Morgan fingerprint density at radius 1 is 1.38 bits per heavy atom. The first kappa shape index (κ1) is 10.9. The van der Waals surface area contributed by atoms with Crippen LogP contribution >= 0.6 is 0 Å². The smallest absolute Gasteiger partial charge is 0.346 e. The van der Waals surface area contributed by atoms with Crippen LogP contribution in [0.15, 0.2) is 9.59 Å². The van der Waals surface area contributed by atoms with Crippen molar-refractivity contribution in [2.75, 3.05) is 5.32 Å². The van der Waals surface area contributed by atoms with Gasteiger partial charge in [0.15, 0.2) is 0 Å². The Morgan fingerprint density at radius 2 is 2.00 bits per heavy atom. The lowest BCUT2D eigenvalue weighted by atomic mass is 9.90. The fourth-order valence-electron chi connectivity index (χ4n) is 1.69. The SMILES string of the molecule is Cn1nc(NC2CC(O)C2)c(=O)n(C)c1=O. The topological polar surface area (TPSA) is 89.2 Å². The van der Waals surface area contributed by atoms with Gasteiger partial charge in [0, 0.05) is 20.1 Å². The van der Waals surface area contributed by atoms with Crippen molar-refractivity contribution in [1.82, 2.24) is 14.3 Å². The molecule has 0 saturated heterocycles. The zero-order chi connectivity index (χ0) is 11.9. The van der Waals surface area contributed by atoms with Gasteiger partial charge < -0.3 is 10.4 Å². The molecule has 2 N–H and O–H groups in total. The molecule has 0 atom stereocenters. The first-order chi connectivity index (χ1) is 7.49. The lowest BCUT2D eigenvalue weighted by Crippen LogP contribution is -2.44. The summed E-state index contributed by atoms with van der Waals surface area (Å²) in [5.74, 6) is 0.154. The number of hydrogen-bond donors (Lipinski definition) is 2. The van der Waals surface area contributed by atoms with E-state index in [0.29, 0.717) is 12.8 Å². The number of aryl methyl sites for hydroxylation is 1. The fourth-order valence-corrected chi connectivity index (χ4v) is 1.69. The number of aliphatic hydroxyl groups is 1. The number of aliphatic hydroxyl groups excluding tert-OH is 1. The Bertz CT molecular complexity index is 512. The predicted octanol–water partition coefficient (Wildman–Crippen LogP) is -1.59. The molecule has 0 unspecified atom stereocenters. The summed E-state index contributed by atoms with van der Waals surface area (Å²) in [6.45, 7) is 0. The van der Waals surface area contributed by atoms with E-state index in [1.54, 1.807) is 0 Å². The van der Waals surface area contributed by atoms with Crippen LogP contribution in [0.4, 0.5) is 5.82 Å². The molecule has 1 fully saturated rings. The molecule has 1 saturated carbocycles. The first-order valence-corrected chi connectivity index (χ1v) is 5.08. The second-order valence-corrected chi connectivity index (χ2v) is 4.09. The van der Waals surface area contributed by atoms with Gasteiger partial charge in [-0.15, -0.1) is 5.10 Å². The number of rotatable bonds is 2. The van der Waals surface area contributed by atoms with Crippen molar-refractivity contribution < 1.29 is 5.11 Å². The Balaban J connectivity index is 2.28. The van der Waals surface area contributed by atoms with Crippen LogP contribution in [0.25, 0.3) is 0 Å². The van der Waals surface area contributed by atoms with Crippen LogP contribution in [-0.2, 0) is 14.1 Å². The maximum Gasteiger partial charge on any atom is 0.346 e. The van der Waals surface area contributed by atoms with Gasteiger partial charge in [-0.3, -0.25) is 9.36 Å². The third kappa shape index (κ3) is 1.73. The van der Waals surface area contributed by atoms with Gasteiger partial charge in [0.1, 0.15) is 0 Å². The predicted molar refractivity (Wildman–Crippen MR) is 57.4 cm³/mol. The molecule has 1 heterocycles. The molecule has 7 heteroatoms. The molecule has 2 rings (SSSR count). The van der Waals surface area contributed by atoms with Crippen LogP contribution in [0.5, 0.6) is 0 Å². The summed E-state index contributed by atoms with van der Waals surface area (Å²) < 4.78 is 2.11. The van der Waals surface area contributed by atoms with Gasteiger partial charge in [-0.05, 0) is 12.8 Å². The maximum absolute atomic E-state index is 11.7. The van der Waals surface area contributed by atoms with Crippen LogP contribution in [-0.4, -0.2) is 31.6 Å². The van der Waals surface area contributed by atoms with Crippen molar-refractivity contribution in [1.29, 1.82) is 0 Å². The molecule has 0 amide bonds. The van der Waals surface area contributed by atoms with E-state index in [2.05, 4.69) is 10.4 Å². The minimum absolute atomic E-state index is 0.0627. The molecule has 0 radical (unpaired) electrons. The summed E-state index contributed by atoms with van der Waals surface area (Å²) in [6.07, 6.45) is 0.912. The molecule has 0 bridgehead atoms. The largest absolute Gasteiger partial charge is 0.393 e. The molecule has 7 nitrogen and oxygen atoms in total. The Labute approximate surface area is 91.3 Å². The van der Waals surface area contributed by atoms with Crippen molar-refractivity contribution in [2.24, 2.45) is 14.1 Å². The molecule has 0 spiro atoms. The quantitative estimate of drug-likeness (QED) is 0.635. The van der Waals surface area contributed by atoms with E-state index in [0.717, 1.165) is 9.25 Å². The highest BCUT2D eigenvalue weighted by molar-refractivity contribution is 5.32. The lowest BCUT2D eigenvalue weighted by Gasteiger charge is -2.32. The average molecular weight is 226 g/mol. The van der Waals surface area contributed by atoms with Crippen molar-refractivity contribution >= 4 is 5.82 Å². The summed E-state index contributed by atoms with van der Waals surface area (Å²) >= 11 is 0. The van der Waals surface area contributed by atoms with E-state index in [9.17, 15) is 9.59 Å². The number of aromatic nitrogens is 3. The summed E-state index contributed by atoms with van der Waals surface area (Å²) in [4.78, 5) is 23.0. The highest BCUT2D eigenvalue weighted by Crippen LogP contribution is 2.21. The van der Waals surface area contributed by atoms with Crippen LogP contribution in [0.3, 0.4) is 0 Å². The van der Waals surface area contributed by atoms with Crippen LogP contribution in [0, 0.1) is 0 Å². The number of hydrogen-bond acceptors (Lipinski definition) is 5. The normalized spacial score (nSPS) is 23.9. The van der Waals surface area contributed by atoms with Crippen molar-refractivity contribution in [3.8, 4) is 0 Å². The minimum atomic E-state index is -0.454. The molecule has 1 aromatic heterocycles. The molecule has 0 aliphatic heterocycles. The van der Waals surface area contributed by atoms with E-state index in [1.165, 1.54) is 14.1 Å². The second kappa shape index (κ2) is 3.75. The van der Waals surface area contributed by atoms with Gasteiger partial charge in [-0.1, -0.05) is 0 Å². The van der Waals surface area contributed by atoms with E-state index in [4.69, 9.17) is 5.11 Å². The molecule has 0 aromatic carbocycles. The van der Waals surface area contributed by atoms with E-state index in [-0.39, 0.29) is 18.0 Å². The molecular formula is C9H14N4O3. The van der Waals surface area contributed by atoms with Gasteiger partial charge >= 0.3 is 5.69 Å². The summed E-state index contributed by atoms with van der Waals surface area (Å²) in [5.41, 5.74) is -0.895. The van der Waals surface area contributed by atoms with Gasteiger partial charge in [0.25, 0.3) is 5.56 Å². The van der Waals surface area contributed by atoms with Crippen molar-refractivity contribution in [3.05, 3.63) is 20.8 Å². The standard InChI is InChI=1S/C9H14N4O3/c1-12-8(15)7(11-13(2)9(12)16)10-5-3-6(14)4-5/h5-6,14H,3-4H2,1-2H3,(H,10,11). The van der Waals surface area contributed by atoms with Crippen molar-refractivity contribution in [3.63, 3.8) is 0 Å². The zero-order valence-corrected chi connectivity index (χ0v) is 9.17. The summed E-state index contributed by atoms with van der Waals surface area (Å²) in [7, 11) is 2.90. The molecule has 88 valence electrons. The third-order valence-corrected chi connectivity index (χ3v) is 2.78. The van der Waals surface area contributed by atoms with E-state index < -0.39 is 11.2 Å². The van der Waals surface area contributed by atoms with E-state index in [1.807, 2.05) is 0 Å². The highest BCUT2D eigenvalue weighted by Gasteiger charge is 2.28. The zero-order valence-electron chi connectivity index (χ0n) is 9.17. The minimum Gasteiger partial charge on any atom is -0.393 e. The highest BCUT2D eigenvalue weighted by atomic mass is 16.3. The van der Waals surface area contributed by atoms with E-state index >= 15 is 0 Å². The maximum atomic E-state index is 11.7. The summed E-state index contributed by atoms with van der Waals surface area (Å²) in [5, 5.41) is 15.9. The Hall–Kier alpha value is -1.63. The van der Waals surface area contributed by atoms with Gasteiger partial charge in [0.2, 0.25) is 5.82 Å². The monoisotopic (exact) mass is 226 g/mol. The molecular weight excluding hydrogens is 212 g/mol. The number of nitrogens with one attached hydrogen (secondary N) is 1. The van der Waals surface area contributed by atoms with Gasteiger partial charge in [0.05, 0.1) is 6.10 Å². The van der Waals surface area contributed by atoms with Crippen LogP contribution in [0.1, 0.15) is 12.8 Å². The lowest BCUT2D eigenvalue weighted by molar-refractivity contribution is 0.0834. The van der Waals surface area contributed by atoms with Gasteiger partial charge in [-0.2, -0.15) is 0 Å². The van der Waals surface area contributed by atoms with Crippen LogP contribution in [0.2, 0.25) is 0 Å². The summed E-state index contributed by atoms with van der Waals surface area (Å²) in [6, 6.07) is 0.0627. The Kier molecular flexibility index (Phi) is 2.55. The fraction of sp³-hybridized carbons (Fsp3) is 0.667. The van der Waals surface area contributed by atoms with Crippen LogP contribution < -0.4 is 16.6 Å². The molecule has 1 aliphatic rings. The van der Waals surface area contributed by atoms with Crippen molar-refractivity contribution in [2.45, 2.75) is 25.0 Å². The number of nitrogens with zero attached hydrogens (tertiary/aromatic N) is 3. The molecule has 1 aliphatic carbocycles. The average Bonchev–Trinajstić information content (AvgIpc) is 2.20. The molecule has 16 heavy (non-hydrogen) atoms. The second-order valence-electron chi connectivity index (χ2n) is 4.09. The first-order valence-electron chi connectivity index (χ1n) is 5.08. The van der Waals surface area contributed by atoms with Gasteiger partial charge in [-0.25, -0.2) is 9.48 Å². The Morgan fingerprint density at radius 3 is 2.56 bits per heavy atom. The number of anilines is 1. The molecule has 1 aromatic rings.